The summed E-state index contributed by atoms with van der Waals surface area (Å²) in [5.41, 5.74) is 2.60. The van der Waals surface area contributed by atoms with Gasteiger partial charge in [0.25, 0.3) is 0 Å². The lowest BCUT2D eigenvalue weighted by molar-refractivity contribution is 1.29. The third-order valence-electron chi connectivity index (χ3n) is 1.60. The largest absolute Gasteiger partial charge is 0.0557 e. The van der Waals surface area contributed by atoms with Crippen LogP contribution in [0.3, 0.4) is 0 Å². The van der Waals surface area contributed by atoms with Crippen molar-refractivity contribution >= 4 is 31.9 Å². The minimum Gasteiger partial charge on any atom is -0.0557 e. The second-order valence-electron chi connectivity index (χ2n) is 2.32. The number of rotatable bonds is 1. The second kappa shape index (κ2) is 4.35. The molecule has 0 aromatic carbocycles. The molecule has 0 atom stereocenters. The molecule has 0 aromatic rings. The topological polar surface area (TPSA) is 0 Å². The van der Waals surface area contributed by atoms with Crippen molar-refractivity contribution in [3.05, 3.63) is 20.1 Å². The van der Waals surface area contributed by atoms with E-state index in [0.29, 0.717) is 0 Å². The average Bonchev–Trinajstić information content (AvgIpc) is 1.84. The predicted molar refractivity (Wildman–Crippen MR) is 54.6 cm³/mol. The number of hydrogen-bond donors (Lipinski definition) is 0. The minimum absolute atomic E-state index is 1.20. The fraction of sp³-hybridized carbons (Fsp3) is 0.500. The Hall–Kier alpha value is 0.440. The second-order valence-corrected chi connectivity index (χ2v) is 4.70. The first-order valence-corrected chi connectivity index (χ1v) is 4.71. The first-order chi connectivity index (χ1) is 4.46. The highest BCUT2D eigenvalue weighted by Gasteiger charge is 1.98. The fourth-order valence-electron chi connectivity index (χ4n) is 0.517. The maximum Gasteiger partial charge on any atom is -0.00483 e. The van der Waals surface area contributed by atoms with Crippen LogP contribution in [0.5, 0.6) is 0 Å². The Balaban J connectivity index is 4.71. The highest BCUT2D eigenvalue weighted by molar-refractivity contribution is 9.12. The van der Waals surface area contributed by atoms with Crippen LogP contribution in [0.1, 0.15) is 27.7 Å². The first-order valence-electron chi connectivity index (χ1n) is 3.13. The maximum absolute atomic E-state index is 3.43. The van der Waals surface area contributed by atoms with E-state index in [4.69, 9.17) is 0 Å². The molecule has 0 fully saturated rings. The van der Waals surface area contributed by atoms with Crippen molar-refractivity contribution in [2.24, 2.45) is 0 Å². The summed E-state index contributed by atoms with van der Waals surface area (Å²) in [7, 11) is 0. The van der Waals surface area contributed by atoms with Gasteiger partial charge in [0.1, 0.15) is 0 Å². The van der Waals surface area contributed by atoms with Crippen molar-refractivity contribution in [3.8, 4) is 0 Å². The third-order valence-corrected chi connectivity index (χ3v) is 2.79. The molecule has 0 bridgehead atoms. The summed E-state index contributed by atoms with van der Waals surface area (Å²) < 4.78 is 2.40. The Labute approximate surface area is 79.6 Å². The first kappa shape index (κ1) is 10.4. The highest BCUT2D eigenvalue weighted by atomic mass is 79.9. The molecular formula is C8H12Br2. The SMILES string of the molecule is C/C(Br)=C(C)/C(C)=C(/C)Br. The van der Waals surface area contributed by atoms with E-state index in [2.05, 4.69) is 59.6 Å². The van der Waals surface area contributed by atoms with E-state index in [0.717, 1.165) is 0 Å². The van der Waals surface area contributed by atoms with Crippen LogP contribution < -0.4 is 0 Å². The summed E-state index contributed by atoms with van der Waals surface area (Å²) >= 11 is 6.87. The molecular weight excluding hydrogens is 256 g/mol. The van der Waals surface area contributed by atoms with Gasteiger partial charge in [-0.1, -0.05) is 31.9 Å². The summed E-state index contributed by atoms with van der Waals surface area (Å²) in [6.45, 7) is 8.30. The highest BCUT2D eigenvalue weighted by Crippen LogP contribution is 2.23. The molecule has 0 aliphatic rings. The van der Waals surface area contributed by atoms with Gasteiger partial charge in [0, 0.05) is 0 Å². The van der Waals surface area contributed by atoms with E-state index in [9.17, 15) is 0 Å². The molecule has 0 rings (SSSR count). The molecule has 2 heteroatoms. The summed E-state index contributed by atoms with van der Waals surface area (Å²) in [6.07, 6.45) is 0. The molecule has 0 amide bonds. The van der Waals surface area contributed by atoms with E-state index < -0.39 is 0 Å². The Morgan fingerprint density at radius 3 is 1.00 bits per heavy atom. The minimum atomic E-state index is 1.20. The van der Waals surface area contributed by atoms with Gasteiger partial charge >= 0.3 is 0 Å². The molecule has 0 aliphatic carbocycles. The molecule has 0 spiro atoms. The van der Waals surface area contributed by atoms with Crippen LogP contribution >= 0.6 is 31.9 Å². The van der Waals surface area contributed by atoms with Crippen LogP contribution in [0.4, 0.5) is 0 Å². The van der Waals surface area contributed by atoms with Crippen molar-refractivity contribution in [2.75, 3.05) is 0 Å². The molecule has 0 saturated heterocycles. The van der Waals surface area contributed by atoms with Gasteiger partial charge in [-0.3, -0.25) is 0 Å². The van der Waals surface area contributed by atoms with Crippen LogP contribution in [-0.4, -0.2) is 0 Å². The molecule has 0 N–H and O–H groups in total. The lowest BCUT2D eigenvalue weighted by atomic mass is 10.1. The summed E-state index contributed by atoms with van der Waals surface area (Å²) in [5, 5.41) is 0. The van der Waals surface area contributed by atoms with Gasteiger partial charge in [0.2, 0.25) is 0 Å². The lowest BCUT2D eigenvalue weighted by Crippen LogP contribution is -1.81. The van der Waals surface area contributed by atoms with Crippen LogP contribution in [0.2, 0.25) is 0 Å². The van der Waals surface area contributed by atoms with Crippen molar-refractivity contribution in [1.82, 2.24) is 0 Å². The molecule has 0 aliphatic heterocycles. The molecule has 58 valence electrons. The van der Waals surface area contributed by atoms with E-state index >= 15 is 0 Å². The normalized spacial score (nSPS) is 16.2. The molecule has 0 saturated carbocycles. The molecule has 0 nitrogen and oxygen atoms in total. The van der Waals surface area contributed by atoms with E-state index in [1.54, 1.807) is 0 Å². The third kappa shape index (κ3) is 3.02. The average molecular weight is 268 g/mol. The standard InChI is InChI=1S/C8H12Br2/c1-5(7(3)9)6(2)8(4)10/h1-4H3/b7-5-,8-6-. The van der Waals surface area contributed by atoms with E-state index in [-0.39, 0.29) is 0 Å². The molecule has 0 radical (unpaired) electrons. The zero-order valence-electron chi connectivity index (χ0n) is 6.76. The quantitative estimate of drug-likeness (QED) is 0.619. The van der Waals surface area contributed by atoms with E-state index in [1.807, 2.05) is 0 Å². The molecule has 0 aromatic heterocycles. The summed E-state index contributed by atoms with van der Waals surface area (Å²) in [4.78, 5) is 0. The Morgan fingerprint density at radius 1 is 0.700 bits per heavy atom. The Bertz CT molecular complexity index is 157. The monoisotopic (exact) mass is 266 g/mol. The zero-order chi connectivity index (χ0) is 8.31. The number of allylic oxidation sites excluding steroid dienone is 4. The fourth-order valence-corrected chi connectivity index (χ4v) is 1.11. The van der Waals surface area contributed by atoms with Crippen molar-refractivity contribution in [1.29, 1.82) is 0 Å². The maximum atomic E-state index is 3.43. The summed E-state index contributed by atoms with van der Waals surface area (Å²) in [5.74, 6) is 0. The van der Waals surface area contributed by atoms with Crippen molar-refractivity contribution in [3.63, 3.8) is 0 Å². The van der Waals surface area contributed by atoms with Gasteiger partial charge in [0.15, 0.2) is 0 Å². The van der Waals surface area contributed by atoms with Gasteiger partial charge in [-0.05, 0) is 47.8 Å². The predicted octanol–water partition coefficient (Wildman–Crippen LogP) is 4.36. The molecule has 10 heavy (non-hydrogen) atoms. The number of hydrogen-bond acceptors (Lipinski definition) is 0. The van der Waals surface area contributed by atoms with Crippen LogP contribution in [-0.2, 0) is 0 Å². The van der Waals surface area contributed by atoms with Gasteiger partial charge in [-0.15, -0.1) is 0 Å². The van der Waals surface area contributed by atoms with Gasteiger partial charge in [-0.2, -0.15) is 0 Å². The van der Waals surface area contributed by atoms with Crippen LogP contribution in [0, 0.1) is 0 Å². The Kier molecular flexibility index (Phi) is 4.54. The molecule has 0 heterocycles. The van der Waals surface area contributed by atoms with Crippen molar-refractivity contribution < 1.29 is 0 Å². The smallest absolute Gasteiger partial charge is 0.00483 e. The van der Waals surface area contributed by atoms with E-state index in [1.165, 1.54) is 20.1 Å². The van der Waals surface area contributed by atoms with Gasteiger partial charge in [0.05, 0.1) is 0 Å². The summed E-state index contributed by atoms with van der Waals surface area (Å²) in [6, 6.07) is 0. The Morgan fingerprint density at radius 2 is 0.900 bits per heavy atom. The molecule has 0 unspecified atom stereocenters. The van der Waals surface area contributed by atoms with Crippen LogP contribution in [0.15, 0.2) is 20.1 Å². The number of halogens is 2. The van der Waals surface area contributed by atoms with Gasteiger partial charge < -0.3 is 0 Å². The van der Waals surface area contributed by atoms with Crippen molar-refractivity contribution in [2.45, 2.75) is 27.7 Å². The lowest BCUT2D eigenvalue weighted by Gasteiger charge is -2.03. The van der Waals surface area contributed by atoms with Gasteiger partial charge in [-0.25, -0.2) is 0 Å². The van der Waals surface area contributed by atoms with Crippen LogP contribution in [0.25, 0.3) is 0 Å². The zero-order valence-corrected chi connectivity index (χ0v) is 9.93.